The second-order valence-corrected chi connectivity index (χ2v) is 9.03. The number of nitrogens with one attached hydrogen (secondary N) is 1. The van der Waals surface area contributed by atoms with Gasteiger partial charge < -0.3 is 14.8 Å². The maximum absolute atomic E-state index is 13.5. The van der Waals surface area contributed by atoms with Gasteiger partial charge in [0.25, 0.3) is 0 Å². The topological polar surface area (TPSA) is 98.6 Å². The van der Waals surface area contributed by atoms with E-state index in [4.69, 9.17) is 14.5 Å². The number of benzene rings is 2. The number of nitrogens with zero attached hydrogens (tertiary/aromatic N) is 4. The SMILES string of the molecule is CCOC(=O)c1c(C)nc2c(c(NCCN3CCOCC3)nc(=O)n2-c2ccccc2)c1-c1ccccc1. The van der Waals surface area contributed by atoms with Crippen LogP contribution in [0.25, 0.3) is 27.8 Å². The van der Waals surface area contributed by atoms with E-state index in [1.165, 1.54) is 4.57 Å². The zero-order valence-electron chi connectivity index (χ0n) is 21.6. The zero-order valence-corrected chi connectivity index (χ0v) is 21.6. The molecule has 1 aliphatic heterocycles. The predicted molar refractivity (Wildman–Crippen MR) is 147 cm³/mol. The van der Waals surface area contributed by atoms with Gasteiger partial charge in [0, 0.05) is 31.7 Å². The van der Waals surface area contributed by atoms with Gasteiger partial charge in [-0.05, 0) is 31.5 Å². The fourth-order valence-corrected chi connectivity index (χ4v) is 4.81. The van der Waals surface area contributed by atoms with E-state index in [9.17, 15) is 9.59 Å². The molecule has 0 bridgehead atoms. The molecule has 9 heteroatoms. The van der Waals surface area contributed by atoms with Crippen molar-refractivity contribution in [3.63, 3.8) is 0 Å². The summed E-state index contributed by atoms with van der Waals surface area (Å²) in [4.78, 5) is 38.3. The van der Waals surface area contributed by atoms with E-state index in [1.54, 1.807) is 13.8 Å². The number of fused-ring (bicyclic) bond motifs is 1. The van der Waals surface area contributed by atoms with Crippen molar-refractivity contribution in [2.45, 2.75) is 13.8 Å². The number of aromatic nitrogens is 3. The van der Waals surface area contributed by atoms with Gasteiger partial charge in [-0.3, -0.25) is 4.90 Å². The molecule has 0 spiro atoms. The Balaban J connectivity index is 1.76. The Morgan fingerprint density at radius 2 is 1.71 bits per heavy atom. The van der Waals surface area contributed by atoms with Crippen LogP contribution < -0.4 is 11.0 Å². The lowest BCUT2D eigenvalue weighted by molar-refractivity contribution is 0.0398. The average molecular weight is 514 g/mol. The lowest BCUT2D eigenvalue weighted by Crippen LogP contribution is -2.39. The Hall–Kier alpha value is -4.08. The largest absolute Gasteiger partial charge is 0.462 e. The molecular formula is C29H31N5O4. The summed E-state index contributed by atoms with van der Waals surface area (Å²) < 4.78 is 12.4. The van der Waals surface area contributed by atoms with Gasteiger partial charge in [0.2, 0.25) is 0 Å². The van der Waals surface area contributed by atoms with Gasteiger partial charge in [-0.2, -0.15) is 4.98 Å². The predicted octanol–water partition coefficient (Wildman–Crippen LogP) is 3.68. The molecule has 0 unspecified atom stereocenters. The third kappa shape index (κ3) is 5.16. The third-order valence-corrected chi connectivity index (χ3v) is 6.59. The number of morpholine rings is 1. The van der Waals surface area contributed by atoms with Crippen LogP contribution >= 0.6 is 0 Å². The minimum absolute atomic E-state index is 0.233. The summed E-state index contributed by atoms with van der Waals surface area (Å²) >= 11 is 0. The quantitative estimate of drug-likeness (QED) is 0.357. The second-order valence-electron chi connectivity index (χ2n) is 9.03. The van der Waals surface area contributed by atoms with Crippen LogP contribution in [0.15, 0.2) is 65.5 Å². The van der Waals surface area contributed by atoms with Crippen molar-refractivity contribution < 1.29 is 14.3 Å². The molecule has 3 heterocycles. The molecular weight excluding hydrogens is 482 g/mol. The van der Waals surface area contributed by atoms with Crippen LogP contribution in [-0.2, 0) is 9.47 Å². The highest BCUT2D eigenvalue weighted by Crippen LogP contribution is 2.37. The Labute approximate surface area is 221 Å². The van der Waals surface area contributed by atoms with Crippen molar-refractivity contribution in [1.29, 1.82) is 0 Å². The molecule has 0 radical (unpaired) electrons. The molecule has 196 valence electrons. The molecule has 4 aromatic rings. The average Bonchev–Trinajstić information content (AvgIpc) is 2.94. The van der Waals surface area contributed by atoms with Crippen molar-refractivity contribution in [1.82, 2.24) is 19.4 Å². The Kier molecular flexibility index (Phi) is 7.76. The maximum Gasteiger partial charge on any atom is 0.355 e. The van der Waals surface area contributed by atoms with Gasteiger partial charge in [-0.1, -0.05) is 48.5 Å². The summed E-state index contributed by atoms with van der Waals surface area (Å²) in [6.45, 7) is 8.23. The first-order valence-corrected chi connectivity index (χ1v) is 12.9. The fourth-order valence-electron chi connectivity index (χ4n) is 4.81. The van der Waals surface area contributed by atoms with Crippen LogP contribution in [-0.4, -0.2) is 71.4 Å². The van der Waals surface area contributed by atoms with Crippen molar-refractivity contribution in [2.75, 3.05) is 51.3 Å². The summed E-state index contributed by atoms with van der Waals surface area (Å²) in [5, 5.41) is 3.98. The van der Waals surface area contributed by atoms with Crippen LogP contribution in [0.4, 0.5) is 5.82 Å². The first-order valence-electron chi connectivity index (χ1n) is 12.9. The van der Waals surface area contributed by atoms with E-state index in [0.717, 1.165) is 25.2 Å². The van der Waals surface area contributed by atoms with Crippen molar-refractivity contribution >= 4 is 22.8 Å². The molecule has 2 aromatic heterocycles. The number of pyridine rings is 1. The van der Waals surface area contributed by atoms with Crippen LogP contribution in [0.3, 0.4) is 0 Å². The van der Waals surface area contributed by atoms with Crippen molar-refractivity contribution in [3.8, 4) is 16.8 Å². The van der Waals surface area contributed by atoms with Crippen LogP contribution in [0.5, 0.6) is 0 Å². The molecule has 0 amide bonds. The highest BCUT2D eigenvalue weighted by atomic mass is 16.5. The number of aryl methyl sites for hydroxylation is 1. The number of para-hydroxylation sites is 1. The van der Waals surface area contributed by atoms with Crippen LogP contribution in [0.1, 0.15) is 23.0 Å². The Morgan fingerprint density at radius 1 is 1.03 bits per heavy atom. The monoisotopic (exact) mass is 513 g/mol. The van der Waals surface area contributed by atoms with Gasteiger partial charge in [0.15, 0.2) is 5.65 Å². The van der Waals surface area contributed by atoms with E-state index in [-0.39, 0.29) is 6.61 Å². The lowest BCUT2D eigenvalue weighted by atomic mass is 9.95. The van der Waals surface area contributed by atoms with Gasteiger partial charge in [0.1, 0.15) is 5.82 Å². The van der Waals surface area contributed by atoms with E-state index < -0.39 is 11.7 Å². The molecule has 1 N–H and O–H groups in total. The second kappa shape index (κ2) is 11.5. The molecule has 0 aliphatic carbocycles. The number of anilines is 1. The number of esters is 1. The van der Waals surface area contributed by atoms with Crippen LogP contribution in [0, 0.1) is 6.92 Å². The third-order valence-electron chi connectivity index (χ3n) is 6.59. The number of carbonyl (C=O) groups is 1. The molecule has 9 nitrogen and oxygen atoms in total. The van der Waals surface area contributed by atoms with Gasteiger partial charge in [0.05, 0.1) is 42.2 Å². The molecule has 1 aliphatic rings. The number of ether oxygens (including phenoxy) is 2. The van der Waals surface area contributed by atoms with Gasteiger partial charge >= 0.3 is 11.7 Å². The first kappa shape index (κ1) is 25.6. The molecule has 0 saturated carbocycles. The van der Waals surface area contributed by atoms with E-state index in [1.807, 2.05) is 60.7 Å². The molecule has 1 saturated heterocycles. The van der Waals surface area contributed by atoms with E-state index in [2.05, 4.69) is 15.2 Å². The summed E-state index contributed by atoms with van der Waals surface area (Å²) in [6.07, 6.45) is 0. The summed E-state index contributed by atoms with van der Waals surface area (Å²) in [7, 11) is 0. The fraction of sp³-hybridized carbons (Fsp3) is 0.310. The zero-order chi connectivity index (χ0) is 26.5. The smallest absolute Gasteiger partial charge is 0.355 e. The standard InChI is InChI=1S/C29H31N5O4/c1-3-38-28(35)23-20(2)31-27-25(24(23)21-10-6-4-7-11-21)26(30-14-15-33-16-18-37-19-17-33)32-29(36)34(27)22-12-8-5-9-13-22/h4-13H,3,14-19H2,1-2H3,(H,30,32,36). The Morgan fingerprint density at radius 3 is 2.39 bits per heavy atom. The molecule has 1 fully saturated rings. The van der Waals surface area contributed by atoms with Crippen LogP contribution in [0.2, 0.25) is 0 Å². The molecule has 5 rings (SSSR count). The normalized spacial score (nSPS) is 13.9. The maximum atomic E-state index is 13.5. The number of hydrogen-bond donors (Lipinski definition) is 1. The Bertz CT molecular complexity index is 1480. The highest BCUT2D eigenvalue weighted by Gasteiger charge is 2.26. The molecule has 38 heavy (non-hydrogen) atoms. The number of rotatable bonds is 8. The summed E-state index contributed by atoms with van der Waals surface area (Å²) in [5.41, 5.74) is 2.90. The molecule has 0 atom stereocenters. The highest BCUT2D eigenvalue weighted by molar-refractivity contribution is 6.10. The lowest BCUT2D eigenvalue weighted by Gasteiger charge is -2.26. The van der Waals surface area contributed by atoms with Crippen molar-refractivity contribution in [3.05, 3.63) is 82.4 Å². The summed E-state index contributed by atoms with van der Waals surface area (Å²) in [5.74, 6) is -0.0719. The van der Waals surface area contributed by atoms with E-state index >= 15 is 0 Å². The molecule has 2 aromatic carbocycles. The number of carbonyl (C=O) groups excluding carboxylic acids is 1. The van der Waals surface area contributed by atoms with Gasteiger partial charge in [-0.25, -0.2) is 19.1 Å². The van der Waals surface area contributed by atoms with Crippen molar-refractivity contribution in [2.24, 2.45) is 0 Å². The van der Waals surface area contributed by atoms with E-state index in [0.29, 0.717) is 59.1 Å². The summed E-state index contributed by atoms with van der Waals surface area (Å²) in [6, 6.07) is 18.9. The minimum atomic E-state index is -0.463. The minimum Gasteiger partial charge on any atom is -0.462 e. The van der Waals surface area contributed by atoms with Gasteiger partial charge in [-0.15, -0.1) is 0 Å². The first-order chi connectivity index (χ1) is 18.6. The number of hydrogen-bond acceptors (Lipinski definition) is 8.